The Morgan fingerprint density at radius 2 is 1.83 bits per heavy atom. The third kappa shape index (κ3) is 5.52. The molecule has 0 saturated heterocycles. The van der Waals surface area contributed by atoms with E-state index in [0.717, 1.165) is 6.54 Å². The lowest BCUT2D eigenvalue weighted by Gasteiger charge is -2.09. The van der Waals surface area contributed by atoms with Crippen LogP contribution in [-0.2, 0) is 0 Å². The number of thioether (sulfide) groups is 1. The average Bonchev–Trinajstić information content (AvgIpc) is 2.34. The van der Waals surface area contributed by atoms with Crippen molar-refractivity contribution in [3.8, 4) is 0 Å². The first-order valence-corrected chi connectivity index (χ1v) is 7.07. The molecule has 0 saturated carbocycles. The van der Waals surface area contributed by atoms with Crippen LogP contribution in [0.25, 0.3) is 0 Å². The zero-order valence-electron chi connectivity index (χ0n) is 10.9. The van der Waals surface area contributed by atoms with Crippen LogP contribution in [0, 0.1) is 0 Å². The van der Waals surface area contributed by atoms with Crippen molar-refractivity contribution in [2.24, 2.45) is 0 Å². The molecule has 0 fully saturated rings. The molecular formula is C9H19BN6OS. The molecule has 0 aromatic carbocycles. The van der Waals surface area contributed by atoms with Gasteiger partial charge in [-0.1, -0.05) is 11.8 Å². The molecule has 0 aliphatic rings. The normalized spacial score (nSPS) is 10.2. The van der Waals surface area contributed by atoms with Crippen molar-refractivity contribution in [1.29, 1.82) is 0 Å². The minimum absolute atomic E-state index is 0.510. The van der Waals surface area contributed by atoms with Gasteiger partial charge in [-0.2, -0.15) is 15.0 Å². The Kier molecular flexibility index (Phi) is 6.77. The van der Waals surface area contributed by atoms with Crippen LogP contribution in [0.3, 0.4) is 0 Å². The molecule has 1 aromatic rings. The Morgan fingerprint density at radius 1 is 1.17 bits per heavy atom. The maximum atomic E-state index is 9.05. The molecule has 7 nitrogen and oxygen atoms in total. The second kappa shape index (κ2) is 8.12. The smallest absolute Gasteiger partial charge is 0.373 e. The van der Waals surface area contributed by atoms with Crippen molar-refractivity contribution in [1.82, 2.24) is 20.2 Å². The summed E-state index contributed by atoms with van der Waals surface area (Å²) >= 11 is 1.47. The van der Waals surface area contributed by atoms with E-state index in [9.17, 15) is 0 Å². The molecule has 0 atom stereocenters. The van der Waals surface area contributed by atoms with Crippen molar-refractivity contribution in [3.63, 3.8) is 0 Å². The maximum absolute atomic E-state index is 9.05. The molecule has 0 bridgehead atoms. The standard InChI is InChI=1S/C9H19BN6OS/c1-4-11-7-14-8(16-9(15-7)18-3)12-5-6-13-10(2)17/h13,17H,4-6H2,1-3H3,(H2,11,12,14,15,16). The minimum atomic E-state index is -0.510. The highest BCUT2D eigenvalue weighted by molar-refractivity contribution is 7.98. The lowest BCUT2D eigenvalue weighted by atomic mass is 9.89. The topological polar surface area (TPSA) is 95.0 Å². The Hall–Kier alpha value is -1.06. The molecule has 1 rings (SSSR count). The van der Waals surface area contributed by atoms with Crippen LogP contribution < -0.4 is 15.9 Å². The van der Waals surface area contributed by atoms with Crippen LogP contribution in [0.4, 0.5) is 11.9 Å². The second-order valence-corrected chi connectivity index (χ2v) is 4.33. The summed E-state index contributed by atoms with van der Waals surface area (Å²) in [5.41, 5.74) is 0. The summed E-state index contributed by atoms with van der Waals surface area (Å²) in [5.74, 6) is 1.11. The number of rotatable bonds is 8. The molecule has 1 heterocycles. The van der Waals surface area contributed by atoms with Gasteiger partial charge in [0.15, 0.2) is 5.16 Å². The summed E-state index contributed by atoms with van der Waals surface area (Å²) in [4.78, 5) is 12.7. The van der Waals surface area contributed by atoms with Gasteiger partial charge >= 0.3 is 7.05 Å². The highest BCUT2D eigenvalue weighted by Gasteiger charge is 2.05. The van der Waals surface area contributed by atoms with Gasteiger partial charge in [-0.05, 0) is 20.0 Å². The molecule has 0 unspecified atom stereocenters. The summed E-state index contributed by atoms with van der Waals surface area (Å²) in [6, 6.07) is 0. The highest BCUT2D eigenvalue weighted by atomic mass is 32.2. The largest absolute Gasteiger partial charge is 0.437 e. The van der Waals surface area contributed by atoms with Crippen LogP contribution in [0.1, 0.15) is 6.92 Å². The van der Waals surface area contributed by atoms with Crippen molar-refractivity contribution in [2.45, 2.75) is 18.9 Å². The van der Waals surface area contributed by atoms with Gasteiger partial charge in [-0.15, -0.1) is 0 Å². The van der Waals surface area contributed by atoms with Crippen LogP contribution >= 0.6 is 11.8 Å². The quantitative estimate of drug-likeness (QED) is 0.301. The molecule has 0 amide bonds. The number of nitrogens with one attached hydrogen (secondary N) is 3. The van der Waals surface area contributed by atoms with E-state index in [1.54, 1.807) is 6.82 Å². The molecule has 0 radical (unpaired) electrons. The van der Waals surface area contributed by atoms with E-state index in [1.807, 2.05) is 13.2 Å². The first kappa shape index (κ1) is 15.0. The van der Waals surface area contributed by atoms with Gasteiger partial charge in [0.25, 0.3) is 0 Å². The summed E-state index contributed by atoms with van der Waals surface area (Å²) < 4.78 is 0. The zero-order valence-corrected chi connectivity index (χ0v) is 11.7. The van der Waals surface area contributed by atoms with Crippen LogP contribution in [-0.4, -0.2) is 52.9 Å². The van der Waals surface area contributed by atoms with E-state index in [0.29, 0.717) is 30.1 Å². The fraction of sp³-hybridized carbons (Fsp3) is 0.667. The molecule has 0 aliphatic carbocycles. The third-order valence-electron chi connectivity index (χ3n) is 1.98. The predicted molar refractivity (Wildman–Crippen MR) is 76.1 cm³/mol. The Balaban J connectivity index is 2.55. The lowest BCUT2D eigenvalue weighted by Crippen LogP contribution is -2.34. The minimum Gasteiger partial charge on any atom is -0.437 e. The molecule has 100 valence electrons. The summed E-state index contributed by atoms with van der Waals surface area (Å²) in [6.07, 6.45) is 1.92. The van der Waals surface area contributed by atoms with Gasteiger partial charge in [-0.25, -0.2) is 0 Å². The molecule has 1 aromatic heterocycles. The van der Waals surface area contributed by atoms with E-state index >= 15 is 0 Å². The summed E-state index contributed by atoms with van der Waals surface area (Å²) in [7, 11) is -0.510. The monoisotopic (exact) mass is 270 g/mol. The molecule has 18 heavy (non-hydrogen) atoms. The SMILES string of the molecule is CCNc1nc(NCCNB(C)O)nc(SC)n1. The van der Waals surface area contributed by atoms with Gasteiger partial charge in [-0.3, -0.25) is 0 Å². The van der Waals surface area contributed by atoms with Crippen molar-refractivity contribution in [3.05, 3.63) is 0 Å². The van der Waals surface area contributed by atoms with Crippen LogP contribution in [0.2, 0.25) is 6.82 Å². The first-order chi connectivity index (χ1) is 8.65. The van der Waals surface area contributed by atoms with Gasteiger partial charge in [0.2, 0.25) is 11.9 Å². The summed E-state index contributed by atoms with van der Waals surface area (Å²) in [6.45, 7) is 5.70. The first-order valence-electron chi connectivity index (χ1n) is 5.85. The van der Waals surface area contributed by atoms with Crippen molar-refractivity contribution >= 4 is 30.7 Å². The fourth-order valence-electron chi connectivity index (χ4n) is 1.22. The second-order valence-electron chi connectivity index (χ2n) is 3.56. The van der Waals surface area contributed by atoms with E-state index in [-0.39, 0.29) is 0 Å². The van der Waals surface area contributed by atoms with Gasteiger partial charge < -0.3 is 20.9 Å². The fourth-order valence-corrected chi connectivity index (χ4v) is 1.57. The highest BCUT2D eigenvalue weighted by Crippen LogP contribution is 2.13. The summed E-state index contributed by atoms with van der Waals surface area (Å²) in [5, 5.41) is 18.8. The number of aromatic nitrogens is 3. The molecular weight excluding hydrogens is 251 g/mol. The van der Waals surface area contributed by atoms with E-state index < -0.39 is 7.05 Å². The Labute approximate surface area is 112 Å². The molecule has 9 heteroatoms. The molecule has 0 aliphatic heterocycles. The maximum Gasteiger partial charge on any atom is 0.373 e. The molecule has 0 spiro atoms. The van der Waals surface area contributed by atoms with Gasteiger partial charge in [0, 0.05) is 19.6 Å². The van der Waals surface area contributed by atoms with E-state index in [4.69, 9.17) is 5.02 Å². The van der Waals surface area contributed by atoms with Gasteiger partial charge in [0.05, 0.1) is 0 Å². The average molecular weight is 270 g/mol. The zero-order chi connectivity index (χ0) is 13.4. The number of hydrogen-bond donors (Lipinski definition) is 4. The van der Waals surface area contributed by atoms with Crippen LogP contribution in [0.15, 0.2) is 5.16 Å². The van der Waals surface area contributed by atoms with Crippen molar-refractivity contribution in [2.75, 3.05) is 36.5 Å². The number of nitrogens with zero attached hydrogens (tertiary/aromatic N) is 3. The number of hydrogen-bond acceptors (Lipinski definition) is 8. The third-order valence-corrected chi connectivity index (χ3v) is 2.53. The van der Waals surface area contributed by atoms with Gasteiger partial charge in [0.1, 0.15) is 0 Å². The molecule has 4 N–H and O–H groups in total. The Bertz CT molecular complexity index is 367. The number of anilines is 2. The van der Waals surface area contributed by atoms with E-state index in [2.05, 4.69) is 30.8 Å². The van der Waals surface area contributed by atoms with Crippen LogP contribution in [0.5, 0.6) is 0 Å². The predicted octanol–water partition coefficient (Wildman–Crippen LogP) is 0.137. The van der Waals surface area contributed by atoms with E-state index in [1.165, 1.54) is 11.8 Å². The Morgan fingerprint density at radius 3 is 2.39 bits per heavy atom. The lowest BCUT2D eigenvalue weighted by molar-refractivity contribution is 0.556. The van der Waals surface area contributed by atoms with Crippen molar-refractivity contribution < 1.29 is 5.02 Å².